The molecule has 0 saturated carbocycles. The summed E-state index contributed by atoms with van der Waals surface area (Å²) in [6.45, 7) is 2.03. The topological polar surface area (TPSA) is 49.4 Å². The van der Waals surface area contributed by atoms with Gasteiger partial charge in [-0.25, -0.2) is 4.90 Å². The van der Waals surface area contributed by atoms with E-state index in [1.54, 1.807) is 30.3 Å². The Hall–Kier alpha value is -2.44. The molecule has 162 valence electrons. The average molecular weight is 504 g/mol. The number of nitrogens with zero attached hydrogens (tertiary/aromatic N) is 1. The molecule has 32 heavy (non-hydrogen) atoms. The smallest absolute Gasteiger partial charge is 0.283 e. The lowest BCUT2D eigenvalue weighted by Crippen LogP contribution is -2.32. The minimum atomic E-state index is -0.476. The van der Waals surface area contributed by atoms with Gasteiger partial charge >= 0.3 is 0 Å². The minimum Gasteiger partial charge on any atom is -0.350 e. The molecular weight excluding hydrogens is 487 g/mol. The van der Waals surface area contributed by atoms with Crippen LogP contribution < -0.4 is 10.2 Å². The van der Waals surface area contributed by atoms with Crippen molar-refractivity contribution in [3.63, 3.8) is 0 Å². The maximum Gasteiger partial charge on any atom is 0.283 e. The van der Waals surface area contributed by atoms with Crippen molar-refractivity contribution >= 4 is 69.8 Å². The fourth-order valence-corrected chi connectivity index (χ4v) is 4.89. The highest BCUT2D eigenvalue weighted by molar-refractivity contribution is 8.04. The molecule has 2 amide bonds. The highest BCUT2D eigenvalue weighted by Crippen LogP contribution is 2.39. The summed E-state index contributed by atoms with van der Waals surface area (Å²) in [5.74, 6) is -0.930. The molecule has 0 radical (unpaired) electrons. The van der Waals surface area contributed by atoms with E-state index in [1.807, 2.05) is 31.2 Å². The summed E-state index contributed by atoms with van der Waals surface area (Å²) in [7, 11) is 0. The number of thioether (sulfide) groups is 1. The molecule has 0 fully saturated rings. The number of benzene rings is 3. The molecule has 3 aromatic rings. The number of amides is 2. The van der Waals surface area contributed by atoms with Crippen LogP contribution in [-0.2, 0) is 16.0 Å². The average Bonchev–Trinajstić information content (AvgIpc) is 2.99. The van der Waals surface area contributed by atoms with Crippen LogP contribution in [0.1, 0.15) is 12.5 Å². The summed E-state index contributed by atoms with van der Waals surface area (Å²) in [4.78, 5) is 29.0. The Morgan fingerprint density at radius 1 is 0.844 bits per heavy atom. The molecular formula is C24H17Cl3N2O2S. The molecule has 0 spiro atoms. The van der Waals surface area contributed by atoms with Gasteiger partial charge in [0, 0.05) is 25.7 Å². The first-order chi connectivity index (χ1) is 15.4. The van der Waals surface area contributed by atoms with Gasteiger partial charge in [0.05, 0.1) is 5.69 Å². The second kappa shape index (κ2) is 9.59. The monoisotopic (exact) mass is 502 g/mol. The van der Waals surface area contributed by atoms with Gasteiger partial charge in [0.25, 0.3) is 11.8 Å². The number of aryl methyl sites for hydroxylation is 1. The third-order valence-corrected chi connectivity index (χ3v) is 6.62. The SMILES string of the molecule is CCc1ccccc1NC1=C(Sc2ccc(Cl)cc2)C(=O)N(c2cc(Cl)cc(Cl)c2)C1=O. The highest BCUT2D eigenvalue weighted by atomic mass is 35.5. The van der Waals surface area contributed by atoms with Crippen LogP contribution in [-0.4, -0.2) is 11.8 Å². The van der Waals surface area contributed by atoms with Crippen molar-refractivity contribution in [2.24, 2.45) is 0 Å². The van der Waals surface area contributed by atoms with Gasteiger partial charge < -0.3 is 5.32 Å². The van der Waals surface area contributed by atoms with E-state index in [1.165, 1.54) is 23.9 Å². The number of imide groups is 1. The lowest BCUT2D eigenvalue weighted by molar-refractivity contribution is -0.120. The number of hydrogen-bond acceptors (Lipinski definition) is 4. The van der Waals surface area contributed by atoms with Crippen molar-refractivity contribution in [1.29, 1.82) is 0 Å². The Bertz CT molecular complexity index is 1220. The quantitative estimate of drug-likeness (QED) is 0.361. The second-order valence-electron chi connectivity index (χ2n) is 6.97. The third kappa shape index (κ3) is 4.66. The molecule has 0 aliphatic carbocycles. The predicted octanol–water partition coefficient (Wildman–Crippen LogP) is 7.20. The van der Waals surface area contributed by atoms with E-state index in [4.69, 9.17) is 34.8 Å². The minimum absolute atomic E-state index is 0.201. The zero-order valence-corrected chi connectivity index (χ0v) is 19.9. The van der Waals surface area contributed by atoms with E-state index in [-0.39, 0.29) is 10.6 Å². The number of carbonyl (C=O) groups excluding carboxylic acids is 2. The van der Waals surface area contributed by atoms with E-state index in [9.17, 15) is 9.59 Å². The van der Waals surface area contributed by atoms with Gasteiger partial charge in [0.15, 0.2) is 0 Å². The standard InChI is InChI=1S/C24H17Cl3N2O2S/c1-2-14-5-3-4-6-20(14)28-21-22(32-19-9-7-15(25)8-10-19)24(31)29(23(21)30)18-12-16(26)11-17(27)13-18/h3-13,28H,2H2,1H3. The number of anilines is 2. The Labute approximate surface area is 205 Å². The maximum atomic E-state index is 13.5. The Kier molecular flexibility index (Phi) is 6.82. The molecule has 1 aliphatic rings. The maximum absolute atomic E-state index is 13.5. The van der Waals surface area contributed by atoms with E-state index < -0.39 is 11.8 Å². The zero-order chi connectivity index (χ0) is 22.8. The van der Waals surface area contributed by atoms with Gasteiger partial charge in [-0.1, -0.05) is 71.7 Å². The van der Waals surface area contributed by atoms with Crippen molar-refractivity contribution in [2.75, 3.05) is 10.2 Å². The molecule has 1 heterocycles. The van der Waals surface area contributed by atoms with Crippen LogP contribution >= 0.6 is 46.6 Å². The molecule has 0 unspecified atom stereocenters. The van der Waals surface area contributed by atoms with Crippen LogP contribution in [0.25, 0.3) is 0 Å². The van der Waals surface area contributed by atoms with Crippen molar-refractivity contribution in [2.45, 2.75) is 18.2 Å². The largest absolute Gasteiger partial charge is 0.350 e. The molecule has 4 nitrogen and oxygen atoms in total. The number of carbonyl (C=O) groups is 2. The van der Waals surface area contributed by atoms with Gasteiger partial charge in [-0.2, -0.15) is 0 Å². The molecule has 3 aromatic carbocycles. The summed E-state index contributed by atoms with van der Waals surface area (Å²) in [6, 6.07) is 19.4. The van der Waals surface area contributed by atoms with Gasteiger partial charge in [0.1, 0.15) is 10.6 Å². The molecule has 0 saturated heterocycles. The number of rotatable bonds is 6. The van der Waals surface area contributed by atoms with Crippen molar-refractivity contribution in [1.82, 2.24) is 0 Å². The Balaban J connectivity index is 1.78. The van der Waals surface area contributed by atoms with Crippen molar-refractivity contribution < 1.29 is 9.59 Å². The predicted molar refractivity (Wildman–Crippen MR) is 133 cm³/mol. The summed E-state index contributed by atoms with van der Waals surface area (Å²) in [6.07, 6.45) is 0.770. The fourth-order valence-electron chi connectivity index (χ4n) is 3.32. The summed E-state index contributed by atoms with van der Waals surface area (Å²) in [5, 5.41) is 4.45. The fraction of sp³-hybridized carbons (Fsp3) is 0.0833. The molecule has 1 aliphatic heterocycles. The lowest BCUT2D eigenvalue weighted by atomic mass is 10.1. The number of halogens is 3. The summed E-state index contributed by atoms with van der Waals surface area (Å²) >= 11 is 19.5. The lowest BCUT2D eigenvalue weighted by Gasteiger charge is -2.16. The molecule has 1 N–H and O–H groups in total. The Morgan fingerprint density at radius 3 is 2.16 bits per heavy atom. The first-order valence-electron chi connectivity index (χ1n) is 9.75. The van der Waals surface area contributed by atoms with Gasteiger partial charge in [0.2, 0.25) is 0 Å². The van der Waals surface area contributed by atoms with E-state index >= 15 is 0 Å². The van der Waals surface area contributed by atoms with E-state index in [2.05, 4.69) is 5.32 Å². The summed E-state index contributed by atoms with van der Waals surface area (Å²) < 4.78 is 0. The van der Waals surface area contributed by atoms with Crippen LogP contribution in [0.3, 0.4) is 0 Å². The van der Waals surface area contributed by atoms with E-state index in [0.717, 1.165) is 27.5 Å². The molecule has 0 atom stereocenters. The van der Waals surface area contributed by atoms with Crippen LogP contribution in [0.4, 0.5) is 11.4 Å². The van der Waals surface area contributed by atoms with Gasteiger partial charge in [-0.15, -0.1) is 0 Å². The first-order valence-corrected chi connectivity index (χ1v) is 11.7. The normalized spacial score (nSPS) is 13.8. The van der Waals surface area contributed by atoms with E-state index in [0.29, 0.717) is 20.8 Å². The molecule has 0 bridgehead atoms. The zero-order valence-electron chi connectivity index (χ0n) is 16.9. The van der Waals surface area contributed by atoms with Crippen LogP contribution in [0.15, 0.2) is 82.2 Å². The van der Waals surface area contributed by atoms with Crippen molar-refractivity contribution in [3.05, 3.63) is 98.0 Å². The van der Waals surface area contributed by atoms with Crippen LogP contribution in [0.5, 0.6) is 0 Å². The number of para-hydroxylation sites is 1. The van der Waals surface area contributed by atoms with Gasteiger partial charge in [-0.05, 0) is 60.5 Å². The van der Waals surface area contributed by atoms with Crippen LogP contribution in [0, 0.1) is 0 Å². The number of hydrogen-bond donors (Lipinski definition) is 1. The first kappa shape index (κ1) is 22.7. The number of nitrogens with one attached hydrogen (secondary N) is 1. The highest BCUT2D eigenvalue weighted by Gasteiger charge is 2.40. The third-order valence-electron chi connectivity index (χ3n) is 4.84. The van der Waals surface area contributed by atoms with Crippen molar-refractivity contribution in [3.8, 4) is 0 Å². The molecule has 0 aromatic heterocycles. The summed E-state index contributed by atoms with van der Waals surface area (Å²) in [5.41, 5.74) is 2.31. The van der Waals surface area contributed by atoms with Crippen LogP contribution in [0.2, 0.25) is 15.1 Å². The molecule has 8 heteroatoms. The Morgan fingerprint density at radius 2 is 1.50 bits per heavy atom. The van der Waals surface area contributed by atoms with Gasteiger partial charge in [-0.3, -0.25) is 9.59 Å². The second-order valence-corrected chi connectivity index (χ2v) is 9.36. The molecule has 4 rings (SSSR count).